The van der Waals surface area contributed by atoms with Crippen LogP contribution in [0.1, 0.15) is 18.1 Å². The SMILES string of the molecule is C/C(N)=C/c1ccc(C(F)(F)F)cc1F. The van der Waals surface area contributed by atoms with Gasteiger partial charge in [0.15, 0.2) is 0 Å². The topological polar surface area (TPSA) is 26.0 Å². The van der Waals surface area contributed by atoms with Gasteiger partial charge >= 0.3 is 6.18 Å². The highest BCUT2D eigenvalue weighted by Gasteiger charge is 2.30. The van der Waals surface area contributed by atoms with Crippen LogP contribution in [0.4, 0.5) is 17.6 Å². The number of rotatable bonds is 1. The lowest BCUT2D eigenvalue weighted by Gasteiger charge is -2.07. The predicted molar refractivity (Wildman–Crippen MR) is 49.2 cm³/mol. The van der Waals surface area contributed by atoms with Crippen molar-refractivity contribution in [1.82, 2.24) is 0 Å². The second-order valence-electron chi connectivity index (χ2n) is 3.12. The Hall–Kier alpha value is -1.52. The van der Waals surface area contributed by atoms with Gasteiger partial charge in [0.2, 0.25) is 0 Å². The zero-order valence-electron chi connectivity index (χ0n) is 7.90. The molecular formula is C10H9F4N. The number of nitrogens with two attached hydrogens (primary N) is 1. The number of halogens is 4. The van der Waals surface area contributed by atoms with E-state index in [1.807, 2.05) is 0 Å². The van der Waals surface area contributed by atoms with Crippen LogP contribution in [0.2, 0.25) is 0 Å². The predicted octanol–water partition coefficient (Wildman–Crippen LogP) is 3.16. The van der Waals surface area contributed by atoms with E-state index in [0.29, 0.717) is 11.8 Å². The molecule has 1 aromatic carbocycles. The third-order valence-corrected chi connectivity index (χ3v) is 1.71. The Morgan fingerprint density at radius 1 is 1.33 bits per heavy atom. The number of hydrogen-bond donors (Lipinski definition) is 1. The molecule has 0 aliphatic carbocycles. The van der Waals surface area contributed by atoms with Crippen LogP contribution in [0.3, 0.4) is 0 Å². The largest absolute Gasteiger partial charge is 0.416 e. The van der Waals surface area contributed by atoms with Gasteiger partial charge in [-0.3, -0.25) is 0 Å². The van der Waals surface area contributed by atoms with Crippen molar-refractivity contribution in [1.29, 1.82) is 0 Å². The maximum Gasteiger partial charge on any atom is 0.416 e. The summed E-state index contributed by atoms with van der Waals surface area (Å²) in [5.74, 6) is -0.936. The van der Waals surface area contributed by atoms with Crippen molar-refractivity contribution in [3.8, 4) is 0 Å². The van der Waals surface area contributed by atoms with Gasteiger partial charge in [0.05, 0.1) is 5.56 Å². The lowest BCUT2D eigenvalue weighted by atomic mass is 10.1. The van der Waals surface area contributed by atoms with E-state index in [-0.39, 0.29) is 5.56 Å². The van der Waals surface area contributed by atoms with Crippen LogP contribution in [0.25, 0.3) is 6.08 Å². The zero-order chi connectivity index (χ0) is 11.6. The number of alkyl halides is 3. The molecule has 0 radical (unpaired) electrons. The second-order valence-corrected chi connectivity index (χ2v) is 3.12. The highest BCUT2D eigenvalue weighted by Crippen LogP contribution is 2.30. The average molecular weight is 219 g/mol. The first-order valence-corrected chi connectivity index (χ1v) is 4.11. The molecule has 5 heteroatoms. The van der Waals surface area contributed by atoms with E-state index >= 15 is 0 Å². The van der Waals surface area contributed by atoms with Crippen LogP contribution in [0, 0.1) is 5.82 Å². The molecule has 82 valence electrons. The fourth-order valence-corrected chi connectivity index (χ4v) is 1.07. The van der Waals surface area contributed by atoms with Crippen molar-refractivity contribution in [2.24, 2.45) is 5.73 Å². The smallest absolute Gasteiger partial charge is 0.402 e. The molecule has 0 aliphatic heterocycles. The molecule has 0 atom stereocenters. The van der Waals surface area contributed by atoms with E-state index in [1.165, 1.54) is 13.0 Å². The fraction of sp³-hybridized carbons (Fsp3) is 0.200. The van der Waals surface area contributed by atoms with Crippen molar-refractivity contribution in [2.75, 3.05) is 0 Å². The first-order chi connectivity index (χ1) is 6.80. The third kappa shape index (κ3) is 2.97. The summed E-state index contributed by atoms with van der Waals surface area (Å²) >= 11 is 0. The molecule has 1 nitrogen and oxygen atoms in total. The Kier molecular flexibility index (Phi) is 3.02. The van der Waals surface area contributed by atoms with Gasteiger partial charge < -0.3 is 5.73 Å². The molecule has 0 heterocycles. The molecule has 0 unspecified atom stereocenters. The van der Waals surface area contributed by atoms with Crippen molar-refractivity contribution in [3.63, 3.8) is 0 Å². The number of benzene rings is 1. The Morgan fingerprint density at radius 2 is 1.93 bits per heavy atom. The van der Waals surface area contributed by atoms with Crippen molar-refractivity contribution < 1.29 is 17.6 Å². The second kappa shape index (κ2) is 3.92. The maximum atomic E-state index is 13.1. The first-order valence-electron chi connectivity index (χ1n) is 4.11. The summed E-state index contributed by atoms with van der Waals surface area (Å²) in [6.07, 6.45) is -3.25. The monoisotopic (exact) mass is 219 g/mol. The molecule has 0 aromatic heterocycles. The van der Waals surface area contributed by atoms with Gasteiger partial charge in [-0.15, -0.1) is 0 Å². The maximum absolute atomic E-state index is 13.1. The van der Waals surface area contributed by atoms with Gasteiger partial charge in [-0.05, 0) is 25.1 Å². The summed E-state index contributed by atoms with van der Waals surface area (Å²) in [6, 6.07) is 2.32. The minimum atomic E-state index is -4.53. The fourth-order valence-electron chi connectivity index (χ4n) is 1.07. The number of allylic oxidation sites excluding steroid dienone is 1. The van der Waals surface area contributed by atoms with Gasteiger partial charge in [-0.1, -0.05) is 6.07 Å². The molecule has 2 N–H and O–H groups in total. The molecular weight excluding hydrogens is 210 g/mol. The van der Waals surface area contributed by atoms with E-state index in [4.69, 9.17) is 5.73 Å². The molecule has 1 rings (SSSR count). The molecule has 0 amide bonds. The Bertz CT molecular complexity index is 389. The van der Waals surface area contributed by atoms with E-state index < -0.39 is 17.6 Å². The summed E-state index contributed by atoms with van der Waals surface area (Å²) in [6.45, 7) is 1.52. The minimum Gasteiger partial charge on any atom is -0.402 e. The van der Waals surface area contributed by atoms with Crippen molar-refractivity contribution in [2.45, 2.75) is 13.1 Å². The summed E-state index contributed by atoms with van der Waals surface area (Å²) in [7, 11) is 0. The highest BCUT2D eigenvalue weighted by molar-refractivity contribution is 5.53. The summed E-state index contributed by atoms with van der Waals surface area (Å²) < 4.78 is 49.6. The first kappa shape index (κ1) is 11.6. The molecule has 1 aromatic rings. The average Bonchev–Trinajstić information content (AvgIpc) is 2.05. The molecule has 0 saturated heterocycles. The lowest BCUT2D eigenvalue weighted by molar-refractivity contribution is -0.137. The minimum absolute atomic E-state index is 0.0444. The normalized spacial score (nSPS) is 13.0. The molecule has 0 aliphatic rings. The van der Waals surface area contributed by atoms with E-state index in [9.17, 15) is 17.6 Å². The molecule has 0 spiro atoms. The Balaban J connectivity index is 3.15. The standard InChI is InChI=1S/C10H9F4N/c1-6(15)4-7-2-3-8(5-9(7)11)10(12,13)14/h2-5H,15H2,1H3/b6-4-. The summed E-state index contributed by atoms with van der Waals surface area (Å²) in [4.78, 5) is 0. The Morgan fingerprint density at radius 3 is 2.33 bits per heavy atom. The molecule has 0 fully saturated rings. The third-order valence-electron chi connectivity index (χ3n) is 1.71. The summed E-state index contributed by atoms with van der Waals surface area (Å²) in [5.41, 5.74) is 4.65. The van der Waals surface area contributed by atoms with Gasteiger partial charge in [0, 0.05) is 11.3 Å². The lowest BCUT2D eigenvalue weighted by Crippen LogP contribution is -2.05. The molecule has 0 bridgehead atoms. The Labute approximate surface area is 84.2 Å². The quantitative estimate of drug-likeness (QED) is 0.721. The van der Waals surface area contributed by atoms with Crippen LogP contribution < -0.4 is 5.73 Å². The zero-order valence-corrected chi connectivity index (χ0v) is 7.90. The van der Waals surface area contributed by atoms with E-state index in [2.05, 4.69) is 0 Å². The van der Waals surface area contributed by atoms with Crippen LogP contribution in [-0.2, 0) is 6.18 Å². The molecule has 15 heavy (non-hydrogen) atoms. The highest BCUT2D eigenvalue weighted by atomic mass is 19.4. The van der Waals surface area contributed by atoms with Gasteiger partial charge in [0.1, 0.15) is 5.82 Å². The van der Waals surface area contributed by atoms with E-state index in [1.54, 1.807) is 0 Å². The summed E-state index contributed by atoms with van der Waals surface area (Å²) in [5, 5.41) is 0. The van der Waals surface area contributed by atoms with E-state index in [0.717, 1.165) is 12.1 Å². The molecule has 0 saturated carbocycles. The van der Waals surface area contributed by atoms with Gasteiger partial charge in [-0.25, -0.2) is 4.39 Å². The van der Waals surface area contributed by atoms with Crippen LogP contribution in [-0.4, -0.2) is 0 Å². The van der Waals surface area contributed by atoms with Crippen LogP contribution in [0.15, 0.2) is 23.9 Å². The van der Waals surface area contributed by atoms with Crippen molar-refractivity contribution >= 4 is 6.08 Å². The van der Waals surface area contributed by atoms with Crippen LogP contribution >= 0.6 is 0 Å². The van der Waals surface area contributed by atoms with Gasteiger partial charge in [-0.2, -0.15) is 13.2 Å². The van der Waals surface area contributed by atoms with Crippen LogP contribution in [0.5, 0.6) is 0 Å². The number of hydrogen-bond acceptors (Lipinski definition) is 1. The van der Waals surface area contributed by atoms with Gasteiger partial charge in [0.25, 0.3) is 0 Å². The van der Waals surface area contributed by atoms with Crippen molar-refractivity contribution in [3.05, 3.63) is 40.8 Å².